The molecule has 2 heterocycles. The van der Waals surface area contributed by atoms with Gasteiger partial charge in [0.1, 0.15) is 0 Å². The van der Waals surface area contributed by atoms with Crippen LogP contribution in [0.1, 0.15) is 24.2 Å². The van der Waals surface area contributed by atoms with Crippen LogP contribution >= 0.6 is 0 Å². The average molecular weight is 457 g/mol. The fourth-order valence-electron chi connectivity index (χ4n) is 3.78. The van der Waals surface area contributed by atoms with E-state index in [9.17, 15) is 26.8 Å². The van der Waals surface area contributed by atoms with Gasteiger partial charge in [0.25, 0.3) is 12.3 Å². The zero-order valence-electron chi connectivity index (χ0n) is 17.5. The third-order valence-electron chi connectivity index (χ3n) is 5.44. The molecule has 0 saturated carbocycles. The Hall–Kier alpha value is -2.37. The first kappa shape index (κ1) is 23.3. The number of pyridine rings is 1. The Balaban J connectivity index is 1.97. The van der Waals surface area contributed by atoms with Gasteiger partial charge in [0.05, 0.1) is 17.0 Å². The largest absolute Gasteiger partial charge is 0.336 e. The van der Waals surface area contributed by atoms with Gasteiger partial charge in [0.2, 0.25) is 15.6 Å². The molecule has 11 heteroatoms. The van der Waals surface area contributed by atoms with Crippen LogP contribution in [-0.4, -0.2) is 85.7 Å². The van der Waals surface area contributed by atoms with Crippen LogP contribution in [0.5, 0.6) is 0 Å². The van der Waals surface area contributed by atoms with Crippen LogP contribution in [0.4, 0.5) is 8.78 Å². The fourth-order valence-corrected chi connectivity index (χ4v) is 5.27. The quantitative estimate of drug-likeness (QED) is 0.683. The number of piperazine rings is 1. The summed E-state index contributed by atoms with van der Waals surface area (Å²) in [6, 6.07) is 5.44. The summed E-state index contributed by atoms with van der Waals surface area (Å²) >= 11 is 0. The highest BCUT2D eigenvalue weighted by atomic mass is 32.2. The van der Waals surface area contributed by atoms with E-state index < -0.39 is 27.9 Å². The van der Waals surface area contributed by atoms with Gasteiger partial charge in [-0.15, -0.1) is 0 Å². The third kappa shape index (κ3) is 4.94. The Bertz CT molecular complexity index is 1110. The maximum absolute atomic E-state index is 13.1. The second-order valence-corrected chi connectivity index (χ2v) is 9.27. The van der Waals surface area contributed by atoms with Crippen molar-refractivity contribution in [2.45, 2.75) is 25.2 Å². The number of alkyl halides is 2. The summed E-state index contributed by atoms with van der Waals surface area (Å²) in [5, 5.41) is 0.327. The molecule has 0 atom stereocenters. The SMILES string of the molecule is CCN(CC)S(=O)(=O)c1ccc2[nH]c(=O)cc(C(=O)N3CCN(CC(F)F)CC3)c2c1. The number of benzene rings is 1. The number of aromatic amines is 1. The molecule has 2 aromatic rings. The van der Waals surface area contributed by atoms with Crippen molar-refractivity contribution in [2.75, 3.05) is 45.8 Å². The molecule has 1 aromatic heterocycles. The monoisotopic (exact) mass is 456 g/mol. The zero-order valence-corrected chi connectivity index (χ0v) is 18.3. The van der Waals surface area contributed by atoms with Crippen molar-refractivity contribution in [1.82, 2.24) is 19.1 Å². The fraction of sp³-hybridized carbons (Fsp3) is 0.500. The lowest BCUT2D eigenvalue weighted by molar-refractivity contribution is 0.0460. The highest BCUT2D eigenvalue weighted by Gasteiger charge is 2.27. The molecule has 1 amide bonds. The van der Waals surface area contributed by atoms with Gasteiger partial charge in [-0.2, -0.15) is 4.31 Å². The van der Waals surface area contributed by atoms with Crippen molar-refractivity contribution < 1.29 is 22.0 Å². The lowest BCUT2D eigenvalue weighted by atomic mass is 10.1. The Kier molecular flexibility index (Phi) is 7.07. The number of sulfonamides is 1. The zero-order chi connectivity index (χ0) is 22.8. The summed E-state index contributed by atoms with van der Waals surface area (Å²) < 4.78 is 52.3. The summed E-state index contributed by atoms with van der Waals surface area (Å²) in [7, 11) is -3.75. The van der Waals surface area contributed by atoms with Crippen LogP contribution in [0.25, 0.3) is 10.9 Å². The molecular weight excluding hydrogens is 430 g/mol. The minimum absolute atomic E-state index is 0.0338. The molecule has 31 heavy (non-hydrogen) atoms. The standard InChI is InChI=1S/C20H26F2N4O4S/c1-3-26(4-2)31(29,30)14-5-6-17-15(11-14)16(12-19(27)23-17)20(28)25-9-7-24(8-10-25)13-18(21)22/h5-6,11-12,18H,3-4,7-10,13H2,1-2H3,(H,23,27). The van der Waals surface area contributed by atoms with Crippen molar-refractivity contribution in [3.05, 3.63) is 40.2 Å². The topological polar surface area (TPSA) is 93.8 Å². The van der Waals surface area contributed by atoms with E-state index in [0.717, 1.165) is 6.07 Å². The number of hydrogen-bond donors (Lipinski definition) is 1. The minimum atomic E-state index is -3.75. The first-order valence-electron chi connectivity index (χ1n) is 10.1. The Morgan fingerprint density at radius 1 is 1.13 bits per heavy atom. The normalized spacial score (nSPS) is 15.9. The second kappa shape index (κ2) is 9.41. The van der Waals surface area contributed by atoms with Gasteiger partial charge < -0.3 is 9.88 Å². The van der Waals surface area contributed by atoms with E-state index in [0.29, 0.717) is 37.1 Å². The van der Waals surface area contributed by atoms with Crippen LogP contribution in [0.2, 0.25) is 0 Å². The molecule has 0 aliphatic carbocycles. The predicted octanol–water partition coefficient (Wildman–Crippen LogP) is 1.58. The number of carbonyl (C=O) groups is 1. The van der Waals surface area contributed by atoms with Gasteiger partial charge in [0, 0.05) is 56.2 Å². The molecule has 1 aliphatic heterocycles. The molecule has 170 valence electrons. The van der Waals surface area contributed by atoms with Gasteiger partial charge in [0.15, 0.2) is 0 Å². The second-order valence-electron chi connectivity index (χ2n) is 7.33. The van der Waals surface area contributed by atoms with Crippen molar-refractivity contribution in [2.24, 2.45) is 0 Å². The summed E-state index contributed by atoms with van der Waals surface area (Å²) in [5.41, 5.74) is -0.0325. The number of carbonyl (C=O) groups excluding carboxylic acids is 1. The minimum Gasteiger partial charge on any atom is -0.336 e. The molecule has 1 fully saturated rings. The number of nitrogens with one attached hydrogen (secondary N) is 1. The maximum Gasteiger partial charge on any atom is 0.254 e. The first-order valence-corrected chi connectivity index (χ1v) is 11.6. The summed E-state index contributed by atoms with van der Waals surface area (Å²) in [6.45, 7) is 4.84. The van der Waals surface area contributed by atoms with Crippen LogP contribution in [-0.2, 0) is 10.0 Å². The van der Waals surface area contributed by atoms with E-state index in [2.05, 4.69) is 4.98 Å². The highest BCUT2D eigenvalue weighted by molar-refractivity contribution is 7.89. The van der Waals surface area contributed by atoms with Crippen molar-refractivity contribution in [3.8, 4) is 0 Å². The number of halogens is 2. The van der Waals surface area contributed by atoms with Crippen LogP contribution < -0.4 is 5.56 Å². The molecule has 1 N–H and O–H groups in total. The molecule has 1 aromatic carbocycles. The van der Waals surface area contributed by atoms with E-state index in [1.807, 2.05) is 0 Å². The number of hydrogen-bond acceptors (Lipinski definition) is 5. The molecule has 0 radical (unpaired) electrons. The summed E-state index contributed by atoms with van der Waals surface area (Å²) in [4.78, 5) is 31.0. The van der Waals surface area contributed by atoms with Gasteiger partial charge in [-0.05, 0) is 18.2 Å². The van der Waals surface area contributed by atoms with E-state index >= 15 is 0 Å². The van der Waals surface area contributed by atoms with E-state index in [-0.39, 0.29) is 30.1 Å². The lowest BCUT2D eigenvalue weighted by Gasteiger charge is -2.34. The van der Waals surface area contributed by atoms with Crippen molar-refractivity contribution in [3.63, 3.8) is 0 Å². The van der Waals surface area contributed by atoms with E-state index in [1.165, 1.54) is 27.4 Å². The van der Waals surface area contributed by atoms with Gasteiger partial charge in [-0.1, -0.05) is 13.8 Å². The smallest absolute Gasteiger partial charge is 0.254 e. The number of amides is 1. The Morgan fingerprint density at radius 2 is 1.77 bits per heavy atom. The van der Waals surface area contributed by atoms with Crippen LogP contribution in [0.3, 0.4) is 0 Å². The average Bonchev–Trinajstić information content (AvgIpc) is 2.73. The molecule has 0 unspecified atom stereocenters. The number of aromatic nitrogens is 1. The van der Waals surface area contributed by atoms with Crippen LogP contribution in [0.15, 0.2) is 34.0 Å². The number of fused-ring (bicyclic) bond motifs is 1. The molecule has 8 nitrogen and oxygen atoms in total. The third-order valence-corrected chi connectivity index (χ3v) is 7.49. The van der Waals surface area contributed by atoms with Gasteiger partial charge in [-0.3, -0.25) is 14.5 Å². The van der Waals surface area contributed by atoms with E-state index in [1.54, 1.807) is 18.7 Å². The highest BCUT2D eigenvalue weighted by Crippen LogP contribution is 2.24. The molecule has 1 saturated heterocycles. The maximum atomic E-state index is 13.1. The predicted molar refractivity (Wildman–Crippen MR) is 113 cm³/mol. The van der Waals surface area contributed by atoms with Crippen LogP contribution in [0, 0.1) is 0 Å². The first-order chi connectivity index (χ1) is 14.7. The van der Waals surface area contributed by atoms with Crippen molar-refractivity contribution >= 4 is 26.8 Å². The van der Waals surface area contributed by atoms with Crippen molar-refractivity contribution in [1.29, 1.82) is 0 Å². The van der Waals surface area contributed by atoms with Gasteiger partial charge >= 0.3 is 0 Å². The lowest BCUT2D eigenvalue weighted by Crippen LogP contribution is -2.49. The number of nitrogens with zero attached hydrogens (tertiary/aromatic N) is 3. The molecule has 3 rings (SSSR count). The summed E-state index contributed by atoms with van der Waals surface area (Å²) in [6.07, 6.45) is -2.44. The number of H-pyrrole nitrogens is 1. The van der Waals surface area contributed by atoms with Gasteiger partial charge in [-0.25, -0.2) is 17.2 Å². The molecule has 0 spiro atoms. The summed E-state index contributed by atoms with van der Waals surface area (Å²) in [5.74, 6) is -0.426. The number of rotatable bonds is 7. The molecule has 1 aliphatic rings. The Morgan fingerprint density at radius 3 is 2.35 bits per heavy atom. The molecule has 0 bridgehead atoms. The molecular formula is C20H26F2N4O4S. The Labute approximate surface area is 179 Å². The van der Waals surface area contributed by atoms with E-state index in [4.69, 9.17) is 0 Å².